The Hall–Kier alpha value is -0.430. The number of hydrogen-bond donors (Lipinski definition) is 1. The lowest BCUT2D eigenvalue weighted by molar-refractivity contribution is 0.563. The number of aromatic nitrogens is 1. The molecule has 1 atom stereocenters. The highest BCUT2D eigenvalue weighted by atomic mass is 32.2. The Balaban J connectivity index is 1.92. The second-order valence-electron chi connectivity index (χ2n) is 3.18. The van der Waals surface area contributed by atoms with Crippen molar-refractivity contribution in [3.8, 4) is 0 Å². The minimum absolute atomic E-state index is 0.345. The Morgan fingerprint density at radius 3 is 3.00 bits per heavy atom. The molecule has 6 heteroatoms. The molecule has 1 aromatic heterocycles. The van der Waals surface area contributed by atoms with Crippen molar-refractivity contribution in [3.63, 3.8) is 0 Å². The van der Waals surface area contributed by atoms with Crippen LogP contribution in [-0.4, -0.2) is 25.3 Å². The summed E-state index contributed by atoms with van der Waals surface area (Å²) in [7, 11) is 0. The molecule has 0 radical (unpaired) electrons. The van der Waals surface area contributed by atoms with E-state index in [2.05, 4.69) is 11.1 Å². The summed E-state index contributed by atoms with van der Waals surface area (Å²) in [5.41, 5.74) is 1.03. The van der Waals surface area contributed by atoms with E-state index in [0.717, 1.165) is 22.0 Å². The van der Waals surface area contributed by atoms with Gasteiger partial charge < -0.3 is 4.55 Å². The maximum absolute atomic E-state index is 10.4. The second kappa shape index (κ2) is 5.77. The fourth-order valence-corrected chi connectivity index (χ4v) is 3.91. The summed E-state index contributed by atoms with van der Waals surface area (Å²) in [6, 6.07) is 8.04. The van der Waals surface area contributed by atoms with Crippen molar-refractivity contribution >= 4 is 44.4 Å². The number of nitrogens with zero attached hydrogens (tertiary/aromatic N) is 1. The van der Waals surface area contributed by atoms with Gasteiger partial charge in [0, 0.05) is 5.75 Å². The molecule has 1 unspecified atom stereocenters. The first-order valence-electron chi connectivity index (χ1n) is 4.81. The quantitative estimate of drug-likeness (QED) is 0.517. The molecule has 86 valence electrons. The first-order chi connectivity index (χ1) is 7.75. The Kier molecular flexibility index (Phi) is 4.34. The van der Waals surface area contributed by atoms with Gasteiger partial charge in [0.05, 0.1) is 16.0 Å². The summed E-state index contributed by atoms with van der Waals surface area (Å²) in [5, 5.41) is 0. The van der Waals surface area contributed by atoms with Gasteiger partial charge in [0.15, 0.2) is 15.4 Å². The van der Waals surface area contributed by atoms with Crippen LogP contribution in [0.15, 0.2) is 28.6 Å². The van der Waals surface area contributed by atoms with Gasteiger partial charge in [-0.05, 0) is 18.6 Å². The molecule has 1 N–H and O–H groups in total. The second-order valence-corrected chi connectivity index (χ2v) is 6.60. The first kappa shape index (κ1) is 12.0. The van der Waals surface area contributed by atoms with Gasteiger partial charge >= 0.3 is 0 Å². The number of thioether (sulfide) groups is 1. The third-order valence-corrected chi connectivity index (χ3v) is 4.87. The maximum atomic E-state index is 10.4. The van der Waals surface area contributed by atoms with Crippen LogP contribution < -0.4 is 0 Å². The van der Waals surface area contributed by atoms with Gasteiger partial charge in [-0.1, -0.05) is 23.9 Å². The van der Waals surface area contributed by atoms with Crippen LogP contribution in [0.4, 0.5) is 0 Å². The van der Waals surface area contributed by atoms with Crippen LogP contribution in [0.5, 0.6) is 0 Å². The molecule has 0 aliphatic rings. The Labute approximate surface area is 105 Å². The van der Waals surface area contributed by atoms with E-state index < -0.39 is 11.1 Å². The fraction of sp³-hybridized carbons (Fsp3) is 0.300. The van der Waals surface area contributed by atoms with E-state index in [-0.39, 0.29) is 0 Å². The smallest absolute Gasteiger partial charge is 0.152 e. The van der Waals surface area contributed by atoms with Crippen LogP contribution in [-0.2, 0) is 11.1 Å². The van der Waals surface area contributed by atoms with E-state index >= 15 is 0 Å². The topological polar surface area (TPSA) is 50.2 Å². The lowest BCUT2D eigenvalue weighted by Crippen LogP contribution is -1.95. The van der Waals surface area contributed by atoms with Crippen molar-refractivity contribution in [1.29, 1.82) is 0 Å². The number of para-hydroxylation sites is 1. The third-order valence-electron chi connectivity index (χ3n) is 1.96. The van der Waals surface area contributed by atoms with Crippen LogP contribution in [0, 0.1) is 0 Å². The average molecular weight is 273 g/mol. The molecule has 3 nitrogen and oxygen atoms in total. The normalized spacial score (nSPS) is 13.1. The lowest BCUT2D eigenvalue weighted by atomic mass is 10.3. The van der Waals surface area contributed by atoms with E-state index in [1.165, 1.54) is 4.70 Å². The highest BCUT2D eigenvalue weighted by molar-refractivity contribution is 8.01. The standard InChI is InChI=1S/C10H11NO2S3/c12-16(13)7-3-6-14-10-11-8-4-1-2-5-9(8)15-10/h1-2,4-5H,3,6-7H2,(H,12,13). The molecule has 0 amide bonds. The molecule has 0 saturated heterocycles. The van der Waals surface area contributed by atoms with Gasteiger partial charge in [0.25, 0.3) is 0 Å². The number of fused-ring (bicyclic) bond motifs is 1. The Bertz CT molecular complexity index is 465. The highest BCUT2D eigenvalue weighted by Crippen LogP contribution is 2.29. The molecule has 1 aromatic carbocycles. The van der Waals surface area contributed by atoms with Crippen molar-refractivity contribution in [3.05, 3.63) is 24.3 Å². The SMILES string of the molecule is O=S(O)CCCSc1nc2ccccc2s1. The van der Waals surface area contributed by atoms with Gasteiger partial charge in [0.2, 0.25) is 0 Å². The zero-order chi connectivity index (χ0) is 11.4. The Morgan fingerprint density at radius 2 is 2.25 bits per heavy atom. The van der Waals surface area contributed by atoms with Crippen LogP contribution in [0.1, 0.15) is 6.42 Å². The largest absolute Gasteiger partial charge is 0.306 e. The van der Waals surface area contributed by atoms with Crippen molar-refractivity contribution in [2.75, 3.05) is 11.5 Å². The predicted molar refractivity (Wildman–Crippen MR) is 70.6 cm³/mol. The van der Waals surface area contributed by atoms with Gasteiger partial charge in [-0.25, -0.2) is 9.19 Å². The van der Waals surface area contributed by atoms with Gasteiger partial charge in [-0.3, -0.25) is 0 Å². The molecule has 2 rings (SSSR count). The maximum Gasteiger partial charge on any atom is 0.152 e. The fourth-order valence-electron chi connectivity index (χ4n) is 1.25. The molecule has 0 aliphatic carbocycles. The molecular formula is C10H11NO2S3. The summed E-state index contributed by atoms with van der Waals surface area (Å²) in [6.45, 7) is 0. The third kappa shape index (κ3) is 3.28. The monoisotopic (exact) mass is 273 g/mol. The summed E-state index contributed by atoms with van der Waals surface area (Å²) in [6.07, 6.45) is 0.740. The average Bonchev–Trinajstić information content (AvgIpc) is 2.66. The van der Waals surface area contributed by atoms with Crippen molar-refractivity contribution in [1.82, 2.24) is 4.98 Å². The van der Waals surface area contributed by atoms with E-state index in [0.29, 0.717) is 5.75 Å². The molecule has 0 fully saturated rings. The molecule has 2 aromatic rings. The van der Waals surface area contributed by atoms with Crippen LogP contribution >= 0.6 is 23.1 Å². The van der Waals surface area contributed by atoms with Crippen LogP contribution in [0.3, 0.4) is 0 Å². The molecule has 0 bridgehead atoms. The highest BCUT2D eigenvalue weighted by Gasteiger charge is 2.03. The summed E-state index contributed by atoms with van der Waals surface area (Å²) < 4.78 is 21.3. The molecule has 0 aliphatic heterocycles. The van der Waals surface area contributed by atoms with E-state index in [1.807, 2.05) is 18.2 Å². The number of thiazole rings is 1. The zero-order valence-corrected chi connectivity index (χ0v) is 10.9. The van der Waals surface area contributed by atoms with Gasteiger partial charge in [0.1, 0.15) is 0 Å². The van der Waals surface area contributed by atoms with Crippen LogP contribution in [0.25, 0.3) is 10.2 Å². The van der Waals surface area contributed by atoms with Gasteiger partial charge in [-0.2, -0.15) is 0 Å². The zero-order valence-electron chi connectivity index (χ0n) is 8.46. The number of hydrogen-bond acceptors (Lipinski definition) is 4. The van der Waals surface area contributed by atoms with Crippen molar-refractivity contribution in [2.45, 2.75) is 10.8 Å². The molecule has 0 spiro atoms. The number of benzene rings is 1. The van der Waals surface area contributed by atoms with Crippen molar-refractivity contribution < 1.29 is 8.76 Å². The molecule has 16 heavy (non-hydrogen) atoms. The molecule has 0 saturated carbocycles. The van der Waals surface area contributed by atoms with E-state index in [1.54, 1.807) is 23.1 Å². The lowest BCUT2D eigenvalue weighted by Gasteiger charge is -1.94. The minimum Gasteiger partial charge on any atom is -0.306 e. The summed E-state index contributed by atoms with van der Waals surface area (Å²) in [4.78, 5) is 4.47. The molecular weight excluding hydrogens is 262 g/mol. The van der Waals surface area contributed by atoms with Gasteiger partial charge in [-0.15, -0.1) is 11.3 Å². The van der Waals surface area contributed by atoms with Crippen LogP contribution in [0.2, 0.25) is 0 Å². The van der Waals surface area contributed by atoms with E-state index in [9.17, 15) is 4.21 Å². The van der Waals surface area contributed by atoms with Crippen molar-refractivity contribution in [2.24, 2.45) is 0 Å². The minimum atomic E-state index is -1.67. The first-order valence-corrected chi connectivity index (χ1v) is 7.89. The molecule has 1 heterocycles. The predicted octanol–water partition coefficient (Wildman–Crippen LogP) is 3.00. The van der Waals surface area contributed by atoms with E-state index in [4.69, 9.17) is 4.55 Å². The summed E-state index contributed by atoms with van der Waals surface area (Å²) in [5.74, 6) is 1.18. The summed E-state index contributed by atoms with van der Waals surface area (Å²) >= 11 is 1.65. The number of rotatable bonds is 5. The Morgan fingerprint density at radius 1 is 1.44 bits per heavy atom.